The van der Waals surface area contributed by atoms with E-state index in [1.165, 1.54) is 12.1 Å². The molecule has 1 amide bonds. The van der Waals surface area contributed by atoms with Crippen LogP contribution >= 0.6 is 12.4 Å². The summed E-state index contributed by atoms with van der Waals surface area (Å²) in [4.78, 5) is 11.7. The number of halogens is 2. The van der Waals surface area contributed by atoms with E-state index in [4.69, 9.17) is 9.47 Å². The van der Waals surface area contributed by atoms with Gasteiger partial charge in [0.15, 0.2) is 17.7 Å². The molecule has 0 saturated carbocycles. The summed E-state index contributed by atoms with van der Waals surface area (Å²) in [7, 11) is 1.63. The van der Waals surface area contributed by atoms with Crippen LogP contribution in [0.5, 0.6) is 5.75 Å². The van der Waals surface area contributed by atoms with E-state index in [0.29, 0.717) is 19.7 Å². The Balaban J connectivity index is 0.00000400. The van der Waals surface area contributed by atoms with Gasteiger partial charge in [-0.1, -0.05) is 12.1 Å². The van der Waals surface area contributed by atoms with E-state index in [9.17, 15) is 9.18 Å². The largest absolute Gasteiger partial charge is 0.478 e. The van der Waals surface area contributed by atoms with E-state index in [1.54, 1.807) is 26.2 Å². The van der Waals surface area contributed by atoms with Crippen LogP contribution in [0.3, 0.4) is 0 Å². The van der Waals surface area contributed by atoms with Crippen LogP contribution in [0.4, 0.5) is 4.39 Å². The van der Waals surface area contributed by atoms with Crippen LogP contribution < -0.4 is 15.4 Å². The van der Waals surface area contributed by atoms with Crippen molar-refractivity contribution >= 4 is 18.3 Å². The zero-order valence-electron chi connectivity index (χ0n) is 12.2. The Labute approximate surface area is 130 Å². The molecule has 0 aliphatic carbocycles. The van der Waals surface area contributed by atoms with Crippen LogP contribution in [0.2, 0.25) is 0 Å². The second-order valence-corrected chi connectivity index (χ2v) is 4.22. The van der Waals surface area contributed by atoms with Gasteiger partial charge in [-0.15, -0.1) is 12.4 Å². The van der Waals surface area contributed by atoms with Gasteiger partial charge in [-0.05, 0) is 19.1 Å². The summed E-state index contributed by atoms with van der Waals surface area (Å²) < 4.78 is 23.5. The molecule has 0 fully saturated rings. The molecular weight excluding hydrogens is 299 g/mol. The first-order valence-corrected chi connectivity index (χ1v) is 6.53. The van der Waals surface area contributed by atoms with Gasteiger partial charge in [-0.2, -0.15) is 0 Å². The third-order valence-electron chi connectivity index (χ3n) is 2.59. The minimum absolute atomic E-state index is 0. The monoisotopic (exact) mass is 320 g/mol. The van der Waals surface area contributed by atoms with Crippen LogP contribution in [0, 0.1) is 5.82 Å². The molecule has 0 spiro atoms. The molecule has 1 unspecified atom stereocenters. The van der Waals surface area contributed by atoms with Gasteiger partial charge in [0, 0.05) is 26.7 Å². The van der Waals surface area contributed by atoms with Gasteiger partial charge in [-0.25, -0.2) is 4.39 Å². The van der Waals surface area contributed by atoms with Crippen LogP contribution in [-0.2, 0) is 9.53 Å². The topological polar surface area (TPSA) is 59.6 Å². The molecule has 0 radical (unpaired) electrons. The highest BCUT2D eigenvalue weighted by Gasteiger charge is 2.15. The number of para-hydroxylation sites is 1. The lowest BCUT2D eigenvalue weighted by atomic mass is 10.3. The molecule has 0 aliphatic rings. The van der Waals surface area contributed by atoms with Gasteiger partial charge >= 0.3 is 0 Å². The molecule has 7 heteroatoms. The number of carbonyl (C=O) groups excluding carboxylic acids is 1. The fourth-order valence-electron chi connectivity index (χ4n) is 1.50. The highest BCUT2D eigenvalue weighted by atomic mass is 35.5. The molecule has 0 aliphatic heterocycles. The number of hydrogen-bond donors (Lipinski definition) is 2. The van der Waals surface area contributed by atoms with E-state index in [1.807, 2.05) is 0 Å². The fraction of sp³-hybridized carbons (Fsp3) is 0.500. The summed E-state index contributed by atoms with van der Waals surface area (Å²) in [6.07, 6.45) is -0.745. The SMILES string of the molecule is COCCNCCNC(=O)C(C)Oc1ccccc1F.Cl. The van der Waals surface area contributed by atoms with Gasteiger partial charge in [0.05, 0.1) is 6.61 Å². The van der Waals surface area contributed by atoms with Crippen molar-refractivity contribution in [2.24, 2.45) is 0 Å². The first-order valence-electron chi connectivity index (χ1n) is 6.53. The lowest BCUT2D eigenvalue weighted by Gasteiger charge is -2.15. The van der Waals surface area contributed by atoms with Crippen LogP contribution in [-0.4, -0.2) is 45.4 Å². The molecule has 0 heterocycles. The Hall–Kier alpha value is -1.37. The number of ether oxygens (including phenoxy) is 2. The molecule has 1 atom stereocenters. The quantitative estimate of drug-likeness (QED) is 0.675. The zero-order chi connectivity index (χ0) is 14.8. The number of nitrogens with one attached hydrogen (secondary N) is 2. The van der Waals surface area contributed by atoms with E-state index < -0.39 is 11.9 Å². The fourth-order valence-corrected chi connectivity index (χ4v) is 1.50. The predicted octanol–water partition coefficient (Wildman–Crippen LogP) is 1.37. The molecule has 0 bridgehead atoms. The highest BCUT2D eigenvalue weighted by Crippen LogP contribution is 2.16. The first kappa shape index (κ1) is 19.6. The van der Waals surface area contributed by atoms with Crippen molar-refractivity contribution in [3.05, 3.63) is 30.1 Å². The van der Waals surface area contributed by atoms with E-state index in [2.05, 4.69) is 10.6 Å². The third-order valence-corrected chi connectivity index (χ3v) is 2.59. The Morgan fingerprint density at radius 1 is 1.29 bits per heavy atom. The number of amides is 1. The molecule has 1 rings (SSSR count). The van der Waals surface area contributed by atoms with Crippen molar-refractivity contribution in [3.8, 4) is 5.75 Å². The summed E-state index contributed by atoms with van der Waals surface area (Å²) >= 11 is 0. The second kappa shape index (κ2) is 11.3. The minimum atomic E-state index is -0.745. The van der Waals surface area contributed by atoms with Crippen molar-refractivity contribution in [2.45, 2.75) is 13.0 Å². The van der Waals surface area contributed by atoms with Gasteiger partial charge in [0.1, 0.15) is 0 Å². The highest BCUT2D eigenvalue weighted by molar-refractivity contribution is 5.85. The average molecular weight is 321 g/mol. The van der Waals surface area contributed by atoms with Crippen molar-refractivity contribution in [1.29, 1.82) is 0 Å². The summed E-state index contributed by atoms with van der Waals surface area (Å²) in [6, 6.07) is 6.01. The van der Waals surface area contributed by atoms with E-state index in [0.717, 1.165) is 6.54 Å². The average Bonchev–Trinajstić information content (AvgIpc) is 2.44. The van der Waals surface area contributed by atoms with E-state index in [-0.39, 0.29) is 24.1 Å². The molecule has 21 heavy (non-hydrogen) atoms. The minimum Gasteiger partial charge on any atom is -0.478 e. The summed E-state index contributed by atoms with van der Waals surface area (Å²) in [5.41, 5.74) is 0. The molecule has 0 aromatic heterocycles. The Morgan fingerprint density at radius 2 is 2.00 bits per heavy atom. The number of rotatable bonds is 9. The predicted molar refractivity (Wildman–Crippen MR) is 81.5 cm³/mol. The Bertz CT molecular complexity index is 421. The number of methoxy groups -OCH3 is 1. The van der Waals surface area contributed by atoms with Gasteiger partial charge in [0.2, 0.25) is 0 Å². The van der Waals surface area contributed by atoms with Crippen LogP contribution in [0.15, 0.2) is 24.3 Å². The van der Waals surface area contributed by atoms with Crippen molar-refractivity contribution in [3.63, 3.8) is 0 Å². The van der Waals surface area contributed by atoms with Gasteiger partial charge in [0.25, 0.3) is 5.91 Å². The molecular formula is C14H22ClFN2O3. The second-order valence-electron chi connectivity index (χ2n) is 4.22. The molecule has 0 saturated heterocycles. The van der Waals surface area contributed by atoms with Crippen LogP contribution in [0.25, 0.3) is 0 Å². The van der Waals surface area contributed by atoms with Gasteiger partial charge in [-0.3, -0.25) is 4.79 Å². The summed E-state index contributed by atoms with van der Waals surface area (Å²) in [5, 5.41) is 5.81. The van der Waals surface area contributed by atoms with Crippen molar-refractivity contribution in [1.82, 2.24) is 10.6 Å². The van der Waals surface area contributed by atoms with Crippen LogP contribution in [0.1, 0.15) is 6.92 Å². The normalized spacial score (nSPS) is 11.4. The Kier molecular flexibility index (Phi) is 10.6. The molecule has 5 nitrogen and oxygen atoms in total. The maximum atomic E-state index is 13.4. The number of benzene rings is 1. The smallest absolute Gasteiger partial charge is 0.260 e. The number of hydrogen-bond acceptors (Lipinski definition) is 4. The van der Waals surface area contributed by atoms with Gasteiger partial charge < -0.3 is 20.1 Å². The first-order chi connectivity index (χ1) is 9.65. The lowest BCUT2D eigenvalue weighted by molar-refractivity contribution is -0.127. The third kappa shape index (κ3) is 7.84. The molecule has 2 N–H and O–H groups in total. The summed E-state index contributed by atoms with van der Waals surface area (Å²) in [6.45, 7) is 4.06. The maximum Gasteiger partial charge on any atom is 0.260 e. The number of carbonyl (C=O) groups is 1. The van der Waals surface area contributed by atoms with Crippen molar-refractivity contribution in [2.75, 3.05) is 33.4 Å². The zero-order valence-corrected chi connectivity index (χ0v) is 13.0. The van der Waals surface area contributed by atoms with E-state index >= 15 is 0 Å². The maximum absolute atomic E-state index is 13.4. The lowest BCUT2D eigenvalue weighted by Crippen LogP contribution is -2.40. The summed E-state index contributed by atoms with van der Waals surface area (Å²) in [5.74, 6) is -0.677. The molecule has 1 aromatic rings. The molecule has 1 aromatic carbocycles. The molecule has 120 valence electrons. The van der Waals surface area contributed by atoms with Crippen molar-refractivity contribution < 1.29 is 18.7 Å². The Morgan fingerprint density at radius 3 is 2.67 bits per heavy atom. The standard InChI is InChI=1S/C14H21FN2O3.ClH/c1-11(20-13-6-4-3-5-12(13)15)14(18)17-8-7-16-9-10-19-2;/h3-6,11,16H,7-10H2,1-2H3,(H,17,18);1H.